The molecule has 2 atom stereocenters. The molecule has 3 heteroatoms. The van der Waals surface area contributed by atoms with Crippen molar-refractivity contribution in [2.75, 3.05) is 13.6 Å². The molecule has 1 aliphatic heterocycles. The van der Waals surface area contributed by atoms with Crippen molar-refractivity contribution in [3.05, 3.63) is 42.1 Å². The third kappa shape index (κ3) is 2.84. The van der Waals surface area contributed by atoms with Gasteiger partial charge in [-0.3, -0.25) is 4.98 Å². The van der Waals surface area contributed by atoms with Gasteiger partial charge in [0.25, 0.3) is 0 Å². The standard InChI is InChI=1S/C17H23N3/c1-13-11-15(8-10-20(13)2)19-12-14-7-9-18-17-6-4-3-5-16(14)17/h3-7,9,13,15,19H,8,10-12H2,1-2H3. The first kappa shape index (κ1) is 13.5. The lowest BCUT2D eigenvalue weighted by Crippen LogP contribution is -2.45. The summed E-state index contributed by atoms with van der Waals surface area (Å²) in [5.74, 6) is 0. The monoisotopic (exact) mass is 269 g/mol. The Hall–Kier alpha value is -1.45. The highest BCUT2D eigenvalue weighted by atomic mass is 15.1. The lowest BCUT2D eigenvalue weighted by Gasteiger charge is -2.35. The molecule has 20 heavy (non-hydrogen) atoms. The molecule has 1 aliphatic rings. The van der Waals surface area contributed by atoms with Crippen LogP contribution in [0.5, 0.6) is 0 Å². The Morgan fingerprint density at radius 3 is 3.00 bits per heavy atom. The number of aromatic nitrogens is 1. The van der Waals surface area contributed by atoms with Crippen molar-refractivity contribution in [1.82, 2.24) is 15.2 Å². The van der Waals surface area contributed by atoms with E-state index < -0.39 is 0 Å². The predicted octanol–water partition coefficient (Wildman–Crippen LogP) is 2.81. The number of piperidine rings is 1. The summed E-state index contributed by atoms with van der Waals surface area (Å²) in [5, 5.41) is 4.99. The fraction of sp³-hybridized carbons (Fsp3) is 0.471. The number of nitrogens with zero attached hydrogens (tertiary/aromatic N) is 2. The molecule has 0 amide bonds. The topological polar surface area (TPSA) is 28.2 Å². The van der Waals surface area contributed by atoms with Crippen LogP contribution in [0.25, 0.3) is 10.9 Å². The summed E-state index contributed by atoms with van der Waals surface area (Å²) in [6.07, 6.45) is 4.39. The average Bonchev–Trinajstić information content (AvgIpc) is 2.48. The van der Waals surface area contributed by atoms with Crippen LogP contribution in [0, 0.1) is 0 Å². The van der Waals surface area contributed by atoms with Crippen molar-refractivity contribution in [3.63, 3.8) is 0 Å². The van der Waals surface area contributed by atoms with E-state index in [0.29, 0.717) is 12.1 Å². The molecule has 3 nitrogen and oxygen atoms in total. The van der Waals surface area contributed by atoms with Gasteiger partial charge in [-0.05, 0) is 51.1 Å². The highest BCUT2D eigenvalue weighted by molar-refractivity contribution is 5.81. The molecular formula is C17H23N3. The molecule has 1 fully saturated rings. The van der Waals surface area contributed by atoms with Crippen LogP contribution in [0.4, 0.5) is 0 Å². The molecule has 1 aromatic heterocycles. The van der Waals surface area contributed by atoms with Gasteiger partial charge >= 0.3 is 0 Å². The molecule has 3 rings (SSSR count). The molecule has 0 radical (unpaired) electrons. The molecule has 2 heterocycles. The number of pyridine rings is 1. The van der Waals surface area contributed by atoms with Crippen LogP contribution in [-0.4, -0.2) is 35.6 Å². The minimum absolute atomic E-state index is 0.633. The zero-order chi connectivity index (χ0) is 13.9. The number of benzene rings is 1. The van der Waals surface area contributed by atoms with Crippen LogP contribution >= 0.6 is 0 Å². The van der Waals surface area contributed by atoms with E-state index in [-0.39, 0.29) is 0 Å². The highest BCUT2D eigenvalue weighted by Crippen LogP contribution is 2.18. The van der Waals surface area contributed by atoms with Gasteiger partial charge in [-0.25, -0.2) is 0 Å². The number of hydrogen-bond donors (Lipinski definition) is 1. The van der Waals surface area contributed by atoms with E-state index in [1.165, 1.54) is 30.3 Å². The second-order valence-corrected chi connectivity index (χ2v) is 5.92. The number of rotatable bonds is 3. The first-order valence-corrected chi connectivity index (χ1v) is 7.50. The molecule has 1 saturated heterocycles. The van der Waals surface area contributed by atoms with Gasteiger partial charge in [0.05, 0.1) is 5.52 Å². The van der Waals surface area contributed by atoms with Gasteiger partial charge in [-0.15, -0.1) is 0 Å². The molecule has 2 aromatic rings. The Bertz CT molecular complexity index is 576. The second-order valence-electron chi connectivity index (χ2n) is 5.92. The van der Waals surface area contributed by atoms with Gasteiger partial charge in [0, 0.05) is 30.2 Å². The molecule has 106 valence electrons. The van der Waals surface area contributed by atoms with Gasteiger partial charge < -0.3 is 10.2 Å². The number of para-hydroxylation sites is 1. The normalized spacial score (nSPS) is 24.1. The van der Waals surface area contributed by atoms with E-state index >= 15 is 0 Å². The van der Waals surface area contributed by atoms with Gasteiger partial charge in [0.15, 0.2) is 0 Å². The molecule has 0 spiro atoms. The van der Waals surface area contributed by atoms with Crippen molar-refractivity contribution >= 4 is 10.9 Å². The van der Waals surface area contributed by atoms with E-state index in [4.69, 9.17) is 0 Å². The van der Waals surface area contributed by atoms with Crippen molar-refractivity contribution < 1.29 is 0 Å². The highest BCUT2D eigenvalue weighted by Gasteiger charge is 2.22. The summed E-state index contributed by atoms with van der Waals surface area (Å²) >= 11 is 0. The molecule has 0 bridgehead atoms. The van der Waals surface area contributed by atoms with Gasteiger partial charge in [-0.2, -0.15) is 0 Å². The van der Waals surface area contributed by atoms with Crippen molar-refractivity contribution in [1.29, 1.82) is 0 Å². The van der Waals surface area contributed by atoms with E-state index in [1.54, 1.807) is 0 Å². The van der Waals surface area contributed by atoms with E-state index in [0.717, 1.165) is 12.1 Å². The molecule has 2 unspecified atom stereocenters. The quantitative estimate of drug-likeness (QED) is 0.928. The maximum atomic E-state index is 4.42. The molecule has 1 N–H and O–H groups in total. The predicted molar refractivity (Wildman–Crippen MR) is 83.7 cm³/mol. The minimum Gasteiger partial charge on any atom is -0.310 e. The maximum Gasteiger partial charge on any atom is 0.0705 e. The van der Waals surface area contributed by atoms with Crippen LogP contribution in [-0.2, 0) is 6.54 Å². The molecular weight excluding hydrogens is 246 g/mol. The van der Waals surface area contributed by atoms with Crippen LogP contribution in [0.15, 0.2) is 36.5 Å². The first-order valence-electron chi connectivity index (χ1n) is 7.50. The van der Waals surface area contributed by atoms with Crippen LogP contribution in [0.2, 0.25) is 0 Å². The van der Waals surface area contributed by atoms with Crippen molar-refractivity contribution in [2.45, 2.75) is 38.4 Å². The Morgan fingerprint density at radius 1 is 1.30 bits per heavy atom. The Labute approximate surface area is 121 Å². The molecule has 0 aliphatic carbocycles. The lowest BCUT2D eigenvalue weighted by atomic mass is 9.98. The van der Waals surface area contributed by atoms with E-state index in [9.17, 15) is 0 Å². The number of nitrogens with one attached hydrogen (secondary N) is 1. The van der Waals surface area contributed by atoms with Crippen LogP contribution < -0.4 is 5.32 Å². The Morgan fingerprint density at radius 2 is 2.15 bits per heavy atom. The summed E-state index contributed by atoms with van der Waals surface area (Å²) < 4.78 is 0. The third-order valence-corrected chi connectivity index (χ3v) is 4.53. The summed E-state index contributed by atoms with van der Waals surface area (Å²) in [6, 6.07) is 11.8. The fourth-order valence-electron chi connectivity index (χ4n) is 3.04. The zero-order valence-electron chi connectivity index (χ0n) is 12.3. The zero-order valence-corrected chi connectivity index (χ0v) is 12.3. The third-order valence-electron chi connectivity index (χ3n) is 4.53. The van der Waals surface area contributed by atoms with E-state index in [2.05, 4.69) is 53.4 Å². The van der Waals surface area contributed by atoms with E-state index in [1.807, 2.05) is 12.3 Å². The smallest absolute Gasteiger partial charge is 0.0705 e. The number of fused-ring (bicyclic) bond motifs is 1. The summed E-state index contributed by atoms with van der Waals surface area (Å²) in [4.78, 5) is 6.87. The Balaban J connectivity index is 1.68. The summed E-state index contributed by atoms with van der Waals surface area (Å²) in [7, 11) is 2.22. The first-order chi connectivity index (χ1) is 9.74. The summed E-state index contributed by atoms with van der Waals surface area (Å²) in [6.45, 7) is 4.44. The van der Waals surface area contributed by atoms with Crippen molar-refractivity contribution in [3.8, 4) is 0 Å². The summed E-state index contributed by atoms with van der Waals surface area (Å²) in [5.41, 5.74) is 2.44. The fourth-order valence-corrected chi connectivity index (χ4v) is 3.04. The average molecular weight is 269 g/mol. The lowest BCUT2D eigenvalue weighted by molar-refractivity contribution is 0.168. The van der Waals surface area contributed by atoms with Crippen LogP contribution in [0.3, 0.4) is 0 Å². The van der Waals surface area contributed by atoms with Crippen molar-refractivity contribution in [2.24, 2.45) is 0 Å². The largest absolute Gasteiger partial charge is 0.310 e. The van der Waals surface area contributed by atoms with Crippen LogP contribution in [0.1, 0.15) is 25.3 Å². The Kier molecular flexibility index (Phi) is 3.99. The van der Waals surface area contributed by atoms with Gasteiger partial charge in [0.1, 0.15) is 0 Å². The maximum absolute atomic E-state index is 4.42. The van der Waals surface area contributed by atoms with Gasteiger partial charge in [0.2, 0.25) is 0 Å². The molecule has 1 aromatic carbocycles. The number of likely N-dealkylation sites (tertiary alicyclic amines) is 1. The molecule has 0 saturated carbocycles. The minimum atomic E-state index is 0.633. The number of hydrogen-bond acceptors (Lipinski definition) is 3. The van der Waals surface area contributed by atoms with Gasteiger partial charge in [-0.1, -0.05) is 18.2 Å². The SMILES string of the molecule is CC1CC(NCc2ccnc3ccccc23)CCN1C. The second kappa shape index (κ2) is 5.90.